The third-order valence-electron chi connectivity index (χ3n) is 6.72. The molecule has 6 heterocycles. The van der Waals surface area contributed by atoms with Gasteiger partial charge in [0.2, 0.25) is 0 Å². The molecule has 3 aromatic heterocycles. The highest BCUT2D eigenvalue weighted by atomic mass is 16.5. The minimum atomic E-state index is -0.949. The standard InChI is InChI=1S/C21H26N6O3/c1-13-12-29-7-6-26(13)19-8-17(21(28)9-14-2-3-15(10-21)30-14)16-11-23-27(20(16)24-19)18-4-5-22-25-18/h4-5,8,11,13-15,28H,2-3,6-7,9-10,12H2,1H3,(H,22,25)/t13-,14-,15+,21-/m1/s1. The molecule has 9 nitrogen and oxygen atoms in total. The molecule has 2 N–H and O–H groups in total. The number of aromatic nitrogens is 5. The van der Waals surface area contributed by atoms with Gasteiger partial charge in [0.1, 0.15) is 5.82 Å². The Morgan fingerprint density at radius 1 is 1.23 bits per heavy atom. The summed E-state index contributed by atoms with van der Waals surface area (Å²) in [6.07, 6.45) is 7.04. The zero-order chi connectivity index (χ0) is 20.3. The van der Waals surface area contributed by atoms with Crippen molar-refractivity contribution in [1.82, 2.24) is 25.0 Å². The Balaban J connectivity index is 1.54. The van der Waals surface area contributed by atoms with Crippen LogP contribution in [-0.2, 0) is 15.1 Å². The SMILES string of the molecule is C[C@@H]1COCCN1c1cc([C@@]2(O)C[C@H]3CC[C@@H](C2)O3)c2cnn(-c3cc[nH]n3)c2n1. The highest BCUT2D eigenvalue weighted by Gasteiger charge is 2.46. The van der Waals surface area contributed by atoms with E-state index in [1.165, 1.54) is 0 Å². The van der Waals surface area contributed by atoms with Gasteiger partial charge in [-0.1, -0.05) is 0 Å². The van der Waals surface area contributed by atoms with Crippen LogP contribution in [0.3, 0.4) is 0 Å². The number of hydrogen-bond donors (Lipinski definition) is 2. The number of H-pyrrole nitrogens is 1. The van der Waals surface area contributed by atoms with Gasteiger partial charge in [0, 0.05) is 37.0 Å². The molecule has 0 spiro atoms. The van der Waals surface area contributed by atoms with E-state index < -0.39 is 5.60 Å². The van der Waals surface area contributed by atoms with E-state index in [4.69, 9.17) is 14.5 Å². The smallest absolute Gasteiger partial charge is 0.177 e. The van der Waals surface area contributed by atoms with Crippen molar-refractivity contribution < 1.29 is 14.6 Å². The molecule has 4 atom stereocenters. The van der Waals surface area contributed by atoms with Gasteiger partial charge in [0.15, 0.2) is 11.5 Å². The monoisotopic (exact) mass is 410 g/mol. The molecule has 0 saturated carbocycles. The Hall–Kier alpha value is -2.49. The fourth-order valence-corrected chi connectivity index (χ4v) is 5.26. The van der Waals surface area contributed by atoms with E-state index in [1.807, 2.05) is 6.07 Å². The lowest BCUT2D eigenvalue weighted by Crippen LogP contribution is -2.44. The van der Waals surface area contributed by atoms with Crippen molar-refractivity contribution in [3.05, 3.63) is 30.1 Å². The number of nitrogens with zero attached hydrogens (tertiary/aromatic N) is 5. The maximum absolute atomic E-state index is 11.8. The first kappa shape index (κ1) is 18.3. The van der Waals surface area contributed by atoms with Crippen LogP contribution >= 0.6 is 0 Å². The van der Waals surface area contributed by atoms with Gasteiger partial charge < -0.3 is 19.5 Å². The minimum absolute atomic E-state index is 0.115. The van der Waals surface area contributed by atoms with Crippen LogP contribution < -0.4 is 4.90 Å². The summed E-state index contributed by atoms with van der Waals surface area (Å²) in [5.74, 6) is 1.52. The molecule has 3 aliphatic rings. The topological polar surface area (TPSA) is 101 Å². The third kappa shape index (κ3) is 2.84. The highest BCUT2D eigenvalue weighted by molar-refractivity contribution is 5.83. The van der Waals surface area contributed by atoms with Crippen molar-refractivity contribution in [2.24, 2.45) is 0 Å². The van der Waals surface area contributed by atoms with Gasteiger partial charge in [0.25, 0.3) is 0 Å². The molecule has 3 saturated heterocycles. The number of morpholine rings is 1. The van der Waals surface area contributed by atoms with E-state index in [-0.39, 0.29) is 18.2 Å². The van der Waals surface area contributed by atoms with E-state index in [0.717, 1.165) is 36.2 Å². The van der Waals surface area contributed by atoms with Gasteiger partial charge in [-0.15, -0.1) is 0 Å². The van der Waals surface area contributed by atoms with Gasteiger partial charge in [-0.05, 0) is 31.4 Å². The van der Waals surface area contributed by atoms with E-state index in [2.05, 4.69) is 33.2 Å². The van der Waals surface area contributed by atoms with Crippen molar-refractivity contribution in [2.75, 3.05) is 24.7 Å². The molecule has 9 heteroatoms. The van der Waals surface area contributed by atoms with E-state index in [0.29, 0.717) is 37.5 Å². The lowest BCUT2D eigenvalue weighted by atomic mass is 9.82. The van der Waals surface area contributed by atoms with Crippen LogP contribution in [0.25, 0.3) is 16.9 Å². The zero-order valence-electron chi connectivity index (χ0n) is 17.0. The first-order valence-corrected chi connectivity index (χ1v) is 10.7. The number of aromatic amines is 1. The number of nitrogens with one attached hydrogen (secondary N) is 1. The molecule has 0 aromatic carbocycles. The van der Waals surface area contributed by atoms with Gasteiger partial charge >= 0.3 is 0 Å². The van der Waals surface area contributed by atoms with E-state index in [1.54, 1.807) is 17.1 Å². The summed E-state index contributed by atoms with van der Waals surface area (Å²) in [4.78, 5) is 7.24. The summed E-state index contributed by atoms with van der Waals surface area (Å²) >= 11 is 0. The molecule has 3 aliphatic heterocycles. The number of hydrogen-bond acceptors (Lipinski definition) is 7. The molecule has 0 amide bonds. The number of fused-ring (bicyclic) bond motifs is 3. The first-order valence-electron chi connectivity index (χ1n) is 10.7. The number of ether oxygens (including phenoxy) is 2. The molecule has 30 heavy (non-hydrogen) atoms. The molecule has 3 aromatic rings. The number of pyridine rings is 1. The predicted octanol–water partition coefficient (Wildman–Crippen LogP) is 1.90. The van der Waals surface area contributed by atoms with Crippen LogP contribution in [0.5, 0.6) is 0 Å². The molecule has 158 valence electrons. The van der Waals surface area contributed by atoms with Crippen LogP contribution in [0.4, 0.5) is 5.82 Å². The Kier molecular flexibility index (Phi) is 4.12. The van der Waals surface area contributed by atoms with Crippen LogP contribution in [0, 0.1) is 0 Å². The average molecular weight is 410 g/mol. The summed E-state index contributed by atoms with van der Waals surface area (Å²) in [5.41, 5.74) is 0.651. The van der Waals surface area contributed by atoms with E-state index >= 15 is 0 Å². The lowest BCUT2D eigenvalue weighted by Gasteiger charge is -2.39. The minimum Gasteiger partial charge on any atom is -0.385 e. The summed E-state index contributed by atoms with van der Waals surface area (Å²) in [5, 5.41) is 24.4. The Labute approximate surface area is 174 Å². The predicted molar refractivity (Wildman–Crippen MR) is 110 cm³/mol. The quantitative estimate of drug-likeness (QED) is 0.680. The van der Waals surface area contributed by atoms with Crippen molar-refractivity contribution >= 4 is 16.9 Å². The summed E-state index contributed by atoms with van der Waals surface area (Å²) in [7, 11) is 0. The Morgan fingerprint density at radius 3 is 2.80 bits per heavy atom. The molecule has 6 rings (SSSR count). The number of anilines is 1. The Morgan fingerprint density at radius 2 is 2.07 bits per heavy atom. The van der Waals surface area contributed by atoms with Crippen molar-refractivity contribution in [1.29, 1.82) is 0 Å². The van der Waals surface area contributed by atoms with Crippen LogP contribution in [0.2, 0.25) is 0 Å². The second kappa shape index (κ2) is 6.76. The van der Waals surface area contributed by atoms with Crippen molar-refractivity contribution in [2.45, 2.75) is 56.5 Å². The molecular weight excluding hydrogens is 384 g/mol. The third-order valence-corrected chi connectivity index (χ3v) is 6.72. The fourth-order valence-electron chi connectivity index (χ4n) is 5.26. The maximum Gasteiger partial charge on any atom is 0.177 e. The second-order valence-corrected chi connectivity index (χ2v) is 8.77. The molecule has 0 unspecified atom stereocenters. The normalized spacial score (nSPS) is 31.5. The Bertz CT molecular complexity index is 1050. The van der Waals surface area contributed by atoms with Gasteiger partial charge in [-0.3, -0.25) is 5.10 Å². The highest BCUT2D eigenvalue weighted by Crippen LogP contribution is 2.46. The second-order valence-electron chi connectivity index (χ2n) is 8.77. The van der Waals surface area contributed by atoms with Crippen LogP contribution in [0.15, 0.2) is 24.5 Å². The molecule has 3 fully saturated rings. The summed E-state index contributed by atoms with van der Waals surface area (Å²) in [6.45, 7) is 4.23. The molecular formula is C21H26N6O3. The first-order chi connectivity index (χ1) is 14.6. The number of aliphatic hydroxyl groups is 1. The van der Waals surface area contributed by atoms with Crippen molar-refractivity contribution in [3.63, 3.8) is 0 Å². The number of rotatable bonds is 3. The largest absolute Gasteiger partial charge is 0.385 e. The molecule has 0 aliphatic carbocycles. The van der Waals surface area contributed by atoms with Gasteiger partial charge in [-0.2, -0.15) is 14.9 Å². The van der Waals surface area contributed by atoms with E-state index in [9.17, 15) is 5.11 Å². The van der Waals surface area contributed by atoms with Crippen molar-refractivity contribution in [3.8, 4) is 5.82 Å². The van der Waals surface area contributed by atoms with Crippen LogP contribution in [-0.4, -0.2) is 68.1 Å². The molecule has 0 radical (unpaired) electrons. The zero-order valence-corrected chi connectivity index (χ0v) is 17.0. The fraction of sp³-hybridized carbons (Fsp3) is 0.571. The van der Waals surface area contributed by atoms with Crippen LogP contribution in [0.1, 0.15) is 38.2 Å². The maximum atomic E-state index is 11.8. The van der Waals surface area contributed by atoms with Gasteiger partial charge in [0.05, 0.1) is 43.3 Å². The summed E-state index contributed by atoms with van der Waals surface area (Å²) < 4.78 is 13.4. The summed E-state index contributed by atoms with van der Waals surface area (Å²) in [6, 6.07) is 4.13. The average Bonchev–Trinajstić information content (AvgIpc) is 3.47. The van der Waals surface area contributed by atoms with Gasteiger partial charge in [-0.25, -0.2) is 4.98 Å². The lowest BCUT2D eigenvalue weighted by molar-refractivity contribution is -0.114. The molecule has 2 bridgehead atoms.